The van der Waals surface area contributed by atoms with E-state index in [0.29, 0.717) is 17.2 Å². The van der Waals surface area contributed by atoms with E-state index < -0.39 is 0 Å². The van der Waals surface area contributed by atoms with E-state index in [1.807, 2.05) is 12.1 Å². The van der Waals surface area contributed by atoms with Crippen molar-refractivity contribution in [3.63, 3.8) is 0 Å². The van der Waals surface area contributed by atoms with Crippen LogP contribution in [-0.4, -0.2) is 15.0 Å². The number of aromatic amines is 1. The van der Waals surface area contributed by atoms with Gasteiger partial charge in [0.15, 0.2) is 5.65 Å². The molecule has 2 aromatic rings. The Hall–Kier alpha value is -1.58. The first-order valence-electron chi connectivity index (χ1n) is 7.55. The highest BCUT2D eigenvalue weighted by Gasteiger charge is 2.31. The van der Waals surface area contributed by atoms with Crippen LogP contribution in [0.5, 0.6) is 0 Å². The lowest BCUT2D eigenvalue weighted by molar-refractivity contribution is 0.167. The Labute approximate surface area is 120 Å². The fourth-order valence-electron chi connectivity index (χ4n) is 3.35. The van der Waals surface area contributed by atoms with Crippen molar-refractivity contribution in [2.75, 3.05) is 5.73 Å². The Balaban J connectivity index is 1.76. The van der Waals surface area contributed by atoms with Crippen molar-refractivity contribution in [1.29, 1.82) is 0 Å². The van der Waals surface area contributed by atoms with Crippen LogP contribution in [-0.2, 0) is 0 Å². The highest BCUT2D eigenvalue weighted by molar-refractivity contribution is 5.72. The Bertz CT molecular complexity index is 600. The number of aromatic nitrogens is 3. The van der Waals surface area contributed by atoms with Gasteiger partial charge in [-0.05, 0) is 49.1 Å². The molecule has 4 nitrogen and oxygen atoms in total. The van der Waals surface area contributed by atoms with Gasteiger partial charge in [0.2, 0.25) is 0 Å². The lowest BCUT2D eigenvalue weighted by Gasteiger charge is -2.36. The van der Waals surface area contributed by atoms with Gasteiger partial charge in [-0.3, -0.25) is 0 Å². The van der Waals surface area contributed by atoms with E-state index in [2.05, 4.69) is 35.7 Å². The average molecular weight is 272 g/mol. The first-order chi connectivity index (χ1) is 9.43. The van der Waals surface area contributed by atoms with Crippen LogP contribution in [0.1, 0.15) is 58.2 Å². The monoisotopic (exact) mass is 272 g/mol. The van der Waals surface area contributed by atoms with Gasteiger partial charge in [-0.25, -0.2) is 9.97 Å². The molecule has 0 radical (unpaired) electrons. The maximum atomic E-state index is 5.71. The van der Waals surface area contributed by atoms with Gasteiger partial charge in [-0.15, -0.1) is 0 Å². The molecule has 0 unspecified atom stereocenters. The third kappa shape index (κ3) is 2.51. The maximum absolute atomic E-state index is 5.71. The van der Waals surface area contributed by atoms with Gasteiger partial charge < -0.3 is 10.7 Å². The van der Waals surface area contributed by atoms with E-state index in [1.54, 1.807) is 0 Å². The molecular weight excluding hydrogens is 248 g/mol. The Kier molecular flexibility index (Phi) is 3.19. The Morgan fingerprint density at radius 3 is 2.45 bits per heavy atom. The third-order valence-electron chi connectivity index (χ3n) is 4.72. The van der Waals surface area contributed by atoms with Crippen LogP contribution in [0, 0.1) is 11.3 Å². The van der Waals surface area contributed by atoms with Crippen molar-refractivity contribution in [3.05, 3.63) is 18.0 Å². The number of hydrogen-bond acceptors (Lipinski definition) is 3. The molecule has 1 aliphatic carbocycles. The van der Waals surface area contributed by atoms with Crippen LogP contribution >= 0.6 is 0 Å². The molecule has 2 heterocycles. The number of nitrogen functional groups attached to an aromatic ring is 1. The quantitative estimate of drug-likeness (QED) is 0.828. The summed E-state index contributed by atoms with van der Waals surface area (Å²) in [5.74, 6) is 3.00. The Morgan fingerprint density at radius 1 is 1.10 bits per heavy atom. The number of imidazole rings is 1. The highest BCUT2D eigenvalue weighted by atomic mass is 15.0. The number of rotatable bonds is 1. The largest absolute Gasteiger partial charge is 0.384 e. The summed E-state index contributed by atoms with van der Waals surface area (Å²) in [4.78, 5) is 12.3. The number of nitrogens with two attached hydrogens (primary N) is 1. The van der Waals surface area contributed by atoms with Crippen LogP contribution in [0.3, 0.4) is 0 Å². The van der Waals surface area contributed by atoms with Crippen LogP contribution in [0.4, 0.5) is 5.82 Å². The van der Waals surface area contributed by atoms with Crippen LogP contribution < -0.4 is 5.73 Å². The standard InChI is InChI=1S/C16H24N4/c1-16(2,3)11-6-4-10(5-7-11)14-18-12-8-9-13(17)19-15(12)20-14/h8-11H,4-7H2,1-3H3,(H3,17,18,19,20). The van der Waals surface area contributed by atoms with E-state index in [1.165, 1.54) is 25.7 Å². The average Bonchev–Trinajstić information content (AvgIpc) is 2.80. The Morgan fingerprint density at radius 2 is 1.80 bits per heavy atom. The SMILES string of the molecule is CC(C)(C)C1CCC(c2nc3nc(N)ccc3[nH]2)CC1. The van der Waals surface area contributed by atoms with Crippen molar-refractivity contribution in [2.24, 2.45) is 11.3 Å². The molecule has 1 aliphatic rings. The number of hydrogen-bond donors (Lipinski definition) is 2. The smallest absolute Gasteiger partial charge is 0.179 e. The number of fused-ring (bicyclic) bond motifs is 1. The maximum Gasteiger partial charge on any atom is 0.179 e. The normalized spacial score (nSPS) is 24.1. The summed E-state index contributed by atoms with van der Waals surface area (Å²) in [7, 11) is 0. The number of nitrogens with one attached hydrogen (secondary N) is 1. The minimum absolute atomic E-state index is 0.425. The van der Waals surface area contributed by atoms with Gasteiger partial charge in [-0.1, -0.05) is 20.8 Å². The molecule has 2 aromatic heterocycles. The first kappa shape index (κ1) is 13.4. The third-order valence-corrected chi connectivity index (χ3v) is 4.72. The fourth-order valence-corrected chi connectivity index (χ4v) is 3.35. The predicted octanol–water partition coefficient (Wildman–Crippen LogP) is 3.86. The molecule has 3 N–H and O–H groups in total. The first-order valence-corrected chi connectivity index (χ1v) is 7.55. The lowest BCUT2D eigenvalue weighted by atomic mass is 9.70. The van der Waals surface area contributed by atoms with Crippen LogP contribution in [0.2, 0.25) is 0 Å². The summed E-state index contributed by atoms with van der Waals surface area (Å²) in [6.07, 6.45) is 5.02. The molecule has 0 amide bonds. The van der Waals surface area contributed by atoms with E-state index in [0.717, 1.165) is 22.9 Å². The number of pyridine rings is 1. The van der Waals surface area contributed by atoms with Crippen molar-refractivity contribution < 1.29 is 0 Å². The van der Waals surface area contributed by atoms with Crippen LogP contribution in [0.15, 0.2) is 12.1 Å². The predicted molar refractivity (Wildman–Crippen MR) is 82.5 cm³/mol. The van der Waals surface area contributed by atoms with Gasteiger partial charge in [0, 0.05) is 5.92 Å². The van der Waals surface area contributed by atoms with E-state index in [9.17, 15) is 0 Å². The minimum Gasteiger partial charge on any atom is -0.384 e. The van der Waals surface area contributed by atoms with Gasteiger partial charge >= 0.3 is 0 Å². The van der Waals surface area contributed by atoms with Gasteiger partial charge in [0.1, 0.15) is 11.6 Å². The molecule has 0 aliphatic heterocycles. The molecule has 0 spiro atoms. The molecule has 0 saturated heterocycles. The molecule has 108 valence electrons. The van der Waals surface area contributed by atoms with Gasteiger partial charge in [0.05, 0.1) is 5.52 Å². The molecule has 0 aromatic carbocycles. The summed E-state index contributed by atoms with van der Waals surface area (Å²) in [5, 5.41) is 0. The van der Waals surface area contributed by atoms with Crippen molar-refractivity contribution >= 4 is 17.0 Å². The minimum atomic E-state index is 0.425. The molecule has 0 atom stereocenters. The fraction of sp³-hybridized carbons (Fsp3) is 0.625. The molecule has 20 heavy (non-hydrogen) atoms. The van der Waals surface area contributed by atoms with E-state index in [4.69, 9.17) is 5.73 Å². The lowest BCUT2D eigenvalue weighted by Crippen LogP contribution is -2.25. The zero-order valence-corrected chi connectivity index (χ0v) is 12.6. The summed E-state index contributed by atoms with van der Waals surface area (Å²) < 4.78 is 0. The molecule has 0 bridgehead atoms. The van der Waals surface area contributed by atoms with Crippen LogP contribution in [0.25, 0.3) is 11.2 Å². The number of H-pyrrole nitrogens is 1. The molecule has 4 heteroatoms. The highest BCUT2D eigenvalue weighted by Crippen LogP contribution is 2.42. The molecule has 1 fully saturated rings. The van der Waals surface area contributed by atoms with Gasteiger partial charge in [0.25, 0.3) is 0 Å². The van der Waals surface area contributed by atoms with E-state index >= 15 is 0 Å². The summed E-state index contributed by atoms with van der Waals surface area (Å²) >= 11 is 0. The second-order valence-corrected chi connectivity index (χ2v) is 7.14. The zero-order chi connectivity index (χ0) is 14.3. The second-order valence-electron chi connectivity index (χ2n) is 7.14. The van der Waals surface area contributed by atoms with Crippen molar-refractivity contribution in [2.45, 2.75) is 52.4 Å². The number of nitrogens with zero attached hydrogens (tertiary/aromatic N) is 2. The summed E-state index contributed by atoms with van der Waals surface area (Å²) in [6, 6.07) is 3.79. The number of anilines is 1. The van der Waals surface area contributed by atoms with E-state index in [-0.39, 0.29) is 0 Å². The molecule has 1 saturated carbocycles. The van der Waals surface area contributed by atoms with Crippen molar-refractivity contribution in [3.8, 4) is 0 Å². The summed E-state index contributed by atoms with van der Waals surface area (Å²) in [5.41, 5.74) is 7.88. The van der Waals surface area contributed by atoms with Crippen molar-refractivity contribution in [1.82, 2.24) is 15.0 Å². The molecular formula is C16H24N4. The molecule has 3 rings (SSSR count). The van der Waals surface area contributed by atoms with Gasteiger partial charge in [-0.2, -0.15) is 0 Å². The topological polar surface area (TPSA) is 67.6 Å². The zero-order valence-electron chi connectivity index (χ0n) is 12.6. The summed E-state index contributed by atoms with van der Waals surface area (Å²) in [6.45, 7) is 7.06. The second kappa shape index (κ2) is 4.76.